The number of hydrogen-bond acceptors (Lipinski definition) is 4. The molecule has 1 N–H and O–H groups in total. The SMILES string of the molecule is C[C@@H]1Cc2c(C(=O)N(C)Cc3ccncc3)n[nH]c2[C@H](C)O1. The van der Waals surface area contributed by atoms with Crippen molar-refractivity contribution in [3.63, 3.8) is 0 Å². The van der Waals surface area contributed by atoms with E-state index in [1.165, 1.54) is 0 Å². The van der Waals surface area contributed by atoms with Crippen molar-refractivity contribution < 1.29 is 9.53 Å². The summed E-state index contributed by atoms with van der Waals surface area (Å²) in [4.78, 5) is 18.3. The van der Waals surface area contributed by atoms with Crippen molar-refractivity contribution >= 4 is 5.91 Å². The van der Waals surface area contributed by atoms with E-state index < -0.39 is 0 Å². The molecule has 2 aromatic heterocycles. The van der Waals surface area contributed by atoms with Crippen molar-refractivity contribution in [2.45, 2.75) is 39.0 Å². The van der Waals surface area contributed by atoms with Crippen LogP contribution in [0.5, 0.6) is 0 Å². The van der Waals surface area contributed by atoms with Crippen LogP contribution in [-0.4, -0.2) is 39.1 Å². The third-order valence-corrected chi connectivity index (χ3v) is 3.95. The molecule has 3 heterocycles. The molecule has 0 unspecified atom stereocenters. The third-order valence-electron chi connectivity index (χ3n) is 3.95. The highest BCUT2D eigenvalue weighted by atomic mass is 16.5. The summed E-state index contributed by atoms with van der Waals surface area (Å²) in [6.45, 7) is 4.52. The molecule has 1 aliphatic heterocycles. The minimum absolute atomic E-state index is 0.0571. The molecule has 0 fully saturated rings. The standard InChI is InChI=1S/C16H20N4O2/c1-10-8-13-14(11(2)22-10)18-19-15(13)16(21)20(3)9-12-4-6-17-7-5-12/h4-7,10-11H,8-9H2,1-3H3,(H,18,19)/t10-,11+/m1/s1. The van der Waals surface area contributed by atoms with Crippen LogP contribution in [0.1, 0.15) is 47.3 Å². The number of aromatic nitrogens is 3. The quantitative estimate of drug-likeness (QED) is 0.942. The van der Waals surface area contributed by atoms with Crippen molar-refractivity contribution in [1.82, 2.24) is 20.1 Å². The zero-order valence-corrected chi connectivity index (χ0v) is 13.0. The molecular formula is C16H20N4O2. The molecule has 0 radical (unpaired) electrons. The lowest BCUT2D eigenvalue weighted by Gasteiger charge is -2.25. The summed E-state index contributed by atoms with van der Waals surface area (Å²) in [6.07, 6.45) is 4.20. The lowest BCUT2D eigenvalue weighted by Crippen LogP contribution is -2.29. The molecule has 2 atom stereocenters. The lowest BCUT2D eigenvalue weighted by atomic mass is 9.99. The Kier molecular flexibility index (Phi) is 3.94. The van der Waals surface area contributed by atoms with Crippen LogP contribution in [0, 0.1) is 0 Å². The number of rotatable bonds is 3. The first-order valence-electron chi connectivity index (χ1n) is 7.43. The molecule has 1 amide bonds. The van der Waals surface area contributed by atoms with Gasteiger partial charge in [0.15, 0.2) is 5.69 Å². The molecule has 0 aromatic carbocycles. The minimum atomic E-state index is -0.0735. The normalized spacial score (nSPS) is 20.5. The molecule has 116 valence electrons. The van der Waals surface area contributed by atoms with Gasteiger partial charge in [0.1, 0.15) is 0 Å². The molecule has 6 heteroatoms. The fourth-order valence-electron chi connectivity index (χ4n) is 2.87. The van der Waals surface area contributed by atoms with E-state index in [1.807, 2.05) is 26.0 Å². The monoisotopic (exact) mass is 300 g/mol. The molecule has 1 aliphatic rings. The summed E-state index contributed by atoms with van der Waals surface area (Å²) >= 11 is 0. The maximum Gasteiger partial charge on any atom is 0.274 e. The zero-order valence-electron chi connectivity index (χ0n) is 13.0. The number of carbonyl (C=O) groups is 1. The maximum atomic E-state index is 12.7. The van der Waals surface area contributed by atoms with Crippen LogP contribution >= 0.6 is 0 Å². The topological polar surface area (TPSA) is 71.1 Å². The number of fused-ring (bicyclic) bond motifs is 1. The summed E-state index contributed by atoms with van der Waals surface area (Å²) in [7, 11) is 1.79. The number of hydrogen-bond donors (Lipinski definition) is 1. The first kappa shape index (κ1) is 14.7. The Bertz CT molecular complexity index is 668. The first-order valence-corrected chi connectivity index (χ1v) is 7.43. The zero-order chi connectivity index (χ0) is 15.7. The fraction of sp³-hybridized carbons (Fsp3) is 0.438. The largest absolute Gasteiger partial charge is 0.369 e. The average molecular weight is 300 g/mol. The Balaban J connectivity index is 1.81. The second kappa shape index (κ2) is 5.88. The molecule has 6 nitrogen and oxygen atoms in total. The molecule has 2 aromatic rings. The van der Waals surface area contributed by atoms with Crippen LogP contribution < -0.4 is 0 Å². The number of H-pyrrole nitrogens is 1. The lowest BCUT2D eigenvalue weighted by molar-refractivity contribution is -0.00701. The van der Waals surface area contributed by atoms with Crippen LogP contribution in [0.25, 0.3) is 0 Å². The van der Waals surface area contributed by atoms with Gasteiger partial charge in [0, 0.05) is 38.0 Å². The Labute approximate surface area is 129 Å². The Morgan fingerprint density at radius 2 is 2.14 bits per heavy atom. The van der Waals surface area contributed by atoms with Gasteiger partial charge in [0.05, 0.1) is 17.9 Å². The second-order valence-corrected chi connectivity index (χ2v) is 5.77. The molecule has 3 rings (SSSR count). The second-order valence-electron chi connectivity index (χ2n) is 5.77. The van der Waals surface area contributed by atoms with Gasteiger partial charge in [-0.15, -0.1) is 0 Å². The van der Waals surface area contributed by atoms with E-state index in [0.29, 0.717) is 18.7 Å². The van der Waals surface area contributed by atoms with E-state index in [2.05, 4.69) is 15.2 Å². The Morgan fingerprint density at radius 3 is 2.86 bits per heavy atom. The van der Waals surface area contributed by atoms with Gasteiger partial charge in [-0.2, -0.15) is 5.10 Å². The third kappa shape index (κ3) is 2.74. The number of nitrogens with zero attached hydrogens (tertiary/aromatic N) is 3. The van der Waals surface area contributed by atoms with Gasteiger partial charge in [0.2, 0.25) is 0 Å². The van der Waals surface area contributed by atoms with Gasteiger partial charge in [0.25, 0.3) is 5.91 Å². The predicted molar refractivity (Wildman–Crippen MR) is 81.3 cm³/mol. The van der Waals surface area contributed by atoms with E-state index in [0.717, 1.165) is 16.8 Å². The van der Waals surface area contributed by atoms with E-state index in [9.17, 15) is 4.79 Å². The van der Waals surface area contributed by atoms with Crippen LogP contribution in [0.15, 0.2) is 24.5 Å². The summed E-state index contributed by atoms with van der Waals surface area (Å²) in [6, 6.07) is 3.81. The molecule has 0 saturated carbocycles. The number of amides is 1. The van der Waals surface area contributed by atoms with Gasteiger partial charge in [-0.3, -0.25) is 14.9 Å². The predicted octanol–water partition coefficient (Wildman–Crippen LogP) is 2.10. The van der Waals surface area contributed by atoms with Gasteiger partial charge >= 0.3 is 0 Å². The molecule has 0 spiro atoms. The van der Waals surface area contributed by atoms with Crippen molar-refractivity contribution in [1.29, 1.82) is 0 Å². The molecule has 0 bridgehead atoms. The Morgan fingerprint density at radius 1 is 1.41 bits per heavy atom. The van der Waals surface area contributed by atoms with Gasteiger partial charge < -0.3 is 9.64 Å². The smallest absolute Gasteiger partial charge is 0.274 e. The summed E-state index contributed by atoms with van der Waals surface area (Å²) in [5.74, 6) is -0.0735. The van der Waals surface area contributed by atoms with Crippen LogP contribution in [-0.2, 0) is 17.7 Å². The maximum absolute atomic E-state index is 12.7. The molecule has 0 aliphatic carbocycles. The number of carbonyl (C=O) groups excluding carboxylic acids is 1. The summed E-state index contributed by atoms with van der Waals surface area (Å²) in [5.41, 5.74) is 3.45. The summed E-state index contributed by atoms with van der Waals surface area (Å²) in [5, 5.41) is 7.20. The minimum Gasteiger partial charge on any atom is -0.369 e. The van der Waals surface area contributed by atoms with Crippen molar-refractivity contribution in [2.24, 2.45) is 0 Å². The van der Waals surface area contributed by atoms with Gasteiger partial charge in [-0.25, -0.2) is 0 Å². The van der Waals surface area contributed by atoms with E-state index in [4.69, 9.17) is 4.74 Å². The van der Waals surface area contributed by atoms with Crippen LogP contribution in [0.4, 0.5) is 0 Å². The van der Waals surface area contributed by atoms with Crippen molar-refractivity contribution in [3.8, 4) is 0 Å². The van der Waals surface area contributed by atoms with Crippen LogP contribution in [0.3, 0.4) is 0 Å². The highest BCUT2D eigenvalue weighted by Crippen LogP contribution is 2.30. The van der Waals surface area contributed by atoms with Crippen LogP contribution in [0.2, 0.25) is 0 Å². The first-order chi connectivity index (χ1) is 10.6. The molecular weight excluding hydrogens is 280 g/mol. The highest BCUT2D eigenvalue weighted by Gasteiger charge is 2.30. The Hall–Kier alpha value is -2.21. The average Bonchev–Trinajstić information content (AvgIpc) is 2.91. The number of ether oxygens (including phenoxy) is 1. The van der Waals surface area contributed by atoms with E-state index >= 15 is 0 Å². The number of pyridine rings is 1. The van der Waals surface area contributed by atoms with Crippen molar-refractivity contribution in [3.05, 3.63) is 47.0 Å². The number of nitrogens with one attached hydrogen (secondary N) is 1. The van der Waals surface area contributed by atoms with E-state index in [1.54, 1.807) is 24.3 Å². The summed E-state index contributed by atoms with van der Waals surface area (Å²) < 4.78 is 5.76. The van der Waals surface area contributed by atoms with Gasteiger partial charge in [-0.1, -0.05) is 0 Å². The molecule has 22 heavy (non-hydrogen) atoms. The molecule has 0 saturated heterocycles. The van der Waals surface area contributed by atoms with Crippen molar-refractivity contribution in [2.75, 3.05) is 7.05 Å². The van der Waals surface area contributed by atoms with Gasteiger partial charge in [-0.05, 0) is 31.5 Å². The highest BCUT2D eigenvalue weighted by molar-refractivity contribution is 5.93. The van der Waals surface area contributed by atoms with E-state index in [-0.39, 0.29) is 18.1 Å². The fourth-order valence-corrected chi connectivity index (χ4v) is 2.87. The number of aromatic amines is 1.